The molecular weight excluding hydrogens is 471 g/mol. The Labute approximate surface area is 195 Å². The van der Waals surface area contributed by atoms with Crippen molar-refractivity contribution in [2.75, 3.05) is 13.2 Å². The molecule has 2 aromatic carbocycles. The first-order valence-corrected chi connectivity index (χ1v) is 12.4. The van der Waals surface area contributed by atoms with Crippen LogP contribution in [0, 0.1) is 23.4 Å². The molecule has 4 rings (SSSR count). The molecule has 1 heterocycles. The van der Waals surface area contributed by atoms with Gasteiger partial charge in [0, 0.05) is 18.0 Å². The predicted molar refractivity (Wildman–Crippen MR) is 122 cm³/mol. The van der Waals surface area contributed by atoms with Crippen molar-refractivity contribution >= 4 is 21.1 Å². The van der Waals surface area contributed by atoms with Crippen molar-refractivity contribution < 1.29 is 31.8 Å². The van der Waals surface area contributed by atoms with Crippen molar-refractivity contribution in [3.63, 3.8) is 0 Å². The summed E-state index contributed by atoms with van der Waals surface area (Å²) in [5.41, 5.74) is 2.09. The van der Waals surface area contributed by atoms with Crippen LogP contribution < -0.4 is 9.44 Å². The van der Waals surface area contributed by atoms with Gasteiger partial charge < -0.3 is 15.2 Å². The minimum atomic E-state index is -3.94. The van der Waals surface area contributed by atoms with Gasteiger partial charge >= 0.3 is 0 Å². The second kappa shape index (κ2) is 9.67. The molecule has 0 amide bonds. The Morgan fingerprint density at radius 3 is 2.41 bits per heavy atom. The van der Waals surface area contributed by atoms with Gasteiger partial charge in [-0.2, -0.15) is 13.1 Å². The number of benzene rings is 2. The third-order valence-electron chi connectivity index (χ3n) is 6.29. The van der Waals surface area contributed by atoms with Crippen LogP contribution in [0.5, 0.6) is 0 Å². The zero-order valence-corrected chi connectivity index (χ0v) is 19.2. The standard InChI is InChI=1S/C23H26F3N3O4S/c1-12(31)20(11-30)29-34(32,33)27-10-13-6-15(7-13)21-18-8-17(25)9-19(26)23(18)28-22(21)14-2-4-16(24)5-3-14/h2-5,8-9,12-13,15,20,27-31H,6-7,10-11H2,1H3/t12-,13?,15?,20-/m0/s1. The van der Waals surface area contributed by atoms with Gasteiger partial charge in [-0.25, -0.2) is 17.9 Å². The maximum atomic E-state index is 14.5. The number of nitrogens with one attached hydrogen (secondary N) is 3. The SMILES string of the molecule is C[C@H](O)[C@H](CO)NS(=O)(=O)NCC1CC(c2c(-c3ccc(F)cc3)[nH]c3c(F)cc(F)cc23)C1. The summed E-state index contributed by atoms with van der Waals surface area (Å²) in [6, 6.07) is 6.75. The van der Waals surface area contributed by atoms with Crippen LogP contribution in [-0.4, -0.2) is 48.9 Å². The third kappa shape index (κ3) is 5.13. The van der Waals surface area contributed by atoms with Crippen molar-refractivity contribution in [3.8, 4) is 11.3 Å². The average Bonchev–Trinajstić information content (AvgIpc) is 3.10. The molecular formula is C23H26F3N3O4S. The first-order valence-electron chi connectivity index (χ1n) is 10.9. The minimum absolute atomic E-state index is 0.0230. The topological polar surface area (TPSA) is 114 Å². The van der Waals surface area contributed by atoms with Crippen LogP contribution in [0.25, 0.3) is 22.2 Å². The van der Waals surface area contributed by atoms with Crippen molar-refractivity contribution in [3.05, 3.63) is 59.4 Å². The van der Waals surface area contributed by atoms with Gasteiger partial charge in [0.15, 0.2) is 0 Å². The molecule has 1 aliphatic rings. The molecule has 3 aromatic rings. The highest BCUT2D eigenvalue weighted by Gasteiger charge is 2.35. The van der Waals surface area contributed by atoms with E-state index in [1.54, 1.807) is 12.1 Å². The molecule has 11 heteroatoms. The number of aromatic nitrogens is 1. The molecule has 0 aliphatic heterocycles. The normalized spacial score (nSPS) is 20.3. The number of aliphatic hydroxyl groups excluding tert-OH is 2. The van der Waals surface area contributed by atoms with Crippen LogP contribution in [0.1, 0.15) is 31.2 Å². The Kier molecular flexibility index (Phi) is 7.02. The maximum absolute atomic E-state index is 14.5. The Morgan fingerprint density at radius 2 is 1.79 bits per heavy atom. The number of aromatic amines is 1. The first kappa shape index (κ1) is 24.7. The summed E-state index contributed by atoms with van der Waals surface area (Å²) in [6.45, 7) is 0.941. The second-order valence-electron chi connectivity index (χ2n) is 8.76. The molecule has 1 aromatic heterocycles. The molecule has 1 fully saturated rings. The first-order chi connectivity index (χ1) is 16.1. The molecule has 5 N–H and O–H groups in total. The fraction of sp³-hybridized carbons (Fsp3) is 0.391. The van der Waals surface area contributed by atoms with E-state index in [9.17, 15) is 31.8 Å². The van der Waals surface area contributed by atoms with E-state index in [2.05, 4.69) is 14.4 Å². The second-order valence-corrected chi connectivity index (χ2v) is 10.3. The van der Waals surface area contributed by atoms with Gasteiger partial charge in [-0.3, -0.25) is 0 Å². The van der Waals surface area contributed by atoms with Gasteiger partial charge in [-0.1, -0.05) is 0 Å². The summed E-state index contributed by atoms with van der Waals surface area (Å²) >= 11 is 0. The highest BCUT2D eigenvalue weighted by molar-refractivity contribution is 7.87. The van der Waals surface area contributed by atoms with Crippen molar-refractivity contribution in [1.82, 2.24) is 14.4 Å². The number of halogens is 3. The number of hydrogen-bond donors (Lipinski definition) is 5. The summed E-state index contributed by atoms with van der Waals surface area (Å²) in [4.78, 5) is 3.02. The molecule has 0 radical (unpaired) electrons. The van der Waals surface area contributed by atoms with Crippen molar-refractivity contribution in [2.45, 2.75) is 37.8 Å². The van der Waals surface area contributed by atoms with E-state index >= 15 is 0 Å². The average molecular weight is 498 g/mol. The van der Waals surface area contributed by atoms with Gasteiger partial charge in [-0.15, -0.1) is 0 Å². The predicted octanol–water partition coefficient (Wildman–Crippen LogP) is 2.91. The lowest BCUT2D eigenvalue weighted by Gasteiger charge is -2.36. The summed E-state index contributed by atoms with van der Waals surface area (Å²) in [5.74, 6) is -1.95. The highest BCUT2D eigenvalue weighted by atomic mass is 32.2. The molecule has 1 aliphatic carbocycles. The Hall–Kier alpha value is -2.44. The molecule has 7 nitrogen and oxygen atoms in total. The molecule has 34 heavy (non-hydrogen) atoms. The molecule has 1 saturated carbocycles. The number of hydrogen-bond acceptors (Lipinski definition) is 4. The van der Waals surface area contributed by atoms with Crippen LogP contribution in [0.4, 0.5) is 13.2 Å². The van der Waals surface area contributed by atoms with Gasteiger partial charge in [0.05, 0.1) is 30.0 Å². The molecule has 0 unspecified atom stereocenters. The van der Waals surface area contributed by atoms with E-state index < -0.39 is 46.4 Å². The molecule has 0 spiro atoms. The zero-order valence-electron chi connectivity index (χ0n) is 18.4. The van der Waals surface area contributed by atoms with E-state index in [1.165, 1.54) is 25.1 Å². The van der Waals surface area contributed by atoms with E-state index in [4.69, 9.17) is 0 Å². The van der Waals surface area contributed by atoms with Gasteiger partial charge in [0.25, 0.3) is 10.2 Å². The van der Waals surface area contributed by atoms with E-state index in [-0.39, 0.29) is 23.9 Å². The summed E-state index contributed by atoms with van der Waals surface area (Å²) in [6.07, 6.45) is 0.0747. The van der Waals surface area contributed by atoms with Gasteiger partial charge in [0.1, 0.15) is 17.5 Å². The lowest BCUT2D eigenvalue weighted by atomic mass is 9.70. The lowest BCUT2D eigenvalue weighted by molar-refractivity contribution is 0.115. The number of H-pyrrole nitrogens is 1. The number of fused-ring (bicyclic) bond motifs is 1. The maximum Gasteiger partial charge on any atom is 0.277 e. The molecule has 0 bridgehead atoms. The quantitative estimate of drug-likeness (QED) is 0.313. The van der Waals surface area contributed by atoms with E-state index in [0.29, 0.717) is 35.0 Å². The Morgan fingerprint density at radius 1 is 1.12 bits per heavy atom. The van der Waals surface area contributed by atoms with Crippen LogP contribution >= 0.6 is 0 Å². The highest BCUT2D eigenvalue weighted by Crippen LogP contribution is 2.48. The smallest absolute Gasteiger partial charge is 0.277 e. The summed E-state index contributed by atoms with van der Waals surface area (Å²) in [7, 11) is -3.94. The third-order valence-corrected chi connectivity index (χ3v) is 7.45. The fourth-order valence-corrected chi connectivity index (χ4v) is 5.61. The minimum Gasteiger partial charge on any atom is -0.395 e. The Balaban J connectivity index is 1.53. The van der Waals surface area contributed by atoms with Crippen molar-refractivity contribution in [2.24, 2.45) is 5.92 Å². The van der Waals surface area contributed by atoms with Crippen LogP contribution in [0.15, 0.2) is 36.4 Å². The largest absolute Gasteiger partial charge is 0.395 e. The molecule has 184 valence electrons. The van der Waals surface area contributed by atoms with Gasteiger partial charge in [-0.05, 0) is 73.1 Å². The fourth-order valence-electron chi connectivity index (χ4n) is 4.40. The van der Waals surface area contributed by atoms with Crippen LogP contribution in [0.2, 0.25) is 0 Å². The van der Waals surface area contributed by atoms with Gasteiger partial charge in [0.2, 0.25) is 0 Å². The lowest BCUT2D eigenvalue weighted by Crippen LogP contribution is -2.50. The van der Waals surface area contributed by atoms with E-state index in [1.807, 2.05) is 0 Å². The molecule has 2 atom stereocenters. The van der Waals surface area contributed by atoms with Crippen LogP contribution in [-0.2, 0) is 10.2 Å². The number of aliphatic hydroxyl groups is 2. The zero-order chi connectivity index (χ0) is 24.6. The number of rotatable bonds is 9. The monoisotopic (exact) mass is 497 g/mol. The molecule has 0 saturated heterocycles. The van der Waals surface area contributed by atoms with E-state index in [0.717, 1.165) is 6.07 Å². The van der Waals surface area contributed by atoms with Crippen molar-refractivity contribution in [1.29, 1.82) is 0 Å². The van der Waals surface area contributed by atoms with Crippen LogP contribution in [0.3, 0.4) is 0 Å². The summed E-state index contributed by atoms with van der Waals surface area (Å²) in [5, 5.41) is 19.1. The Bertz CT molecular complexity index is 1270. The summed E-state index contributed by atoms with van der Waals surface area (Å²) < 4.78 is 71.0.